The van der Waals surface area contributed by atoms with Crippen LogP contribution in [-0.4, -0.2) is 9.55 Å². The summed E-state index contributed by atoms with van der Waals surface area (Å²) in [5.74, 6) is 0. The van der Waals surface area contributed by atoms with E-state index in [9.17, 15) is 4.79 Å². The van der Waals surface area contributed by atoms with Crippen LogP contribution in [0.5, 0.6) is 0 Å². The van der Waals surface area contributed by atoms with E-state index < -0.39 is 0 Å². The lowest BCUT2D eigenvalue weighted by molar-refractivity contribution is 0.590. The first-order valence-corrected chi connectivity index (χ1v) is 10.00. The Kier molecular flexibility index (Phi) is 6.95. The molecule has 0 N–H and O–H groups in total. The van der Waals surface area contributed by atoms with Gasteiger partial charge in [-0.15, -0.1) is 0 Å². The third kappa shape index (κ3) is 4.65. The molecule has 3 heteroatoms. The summed E-state index contributed by atoms with van der Waals surface area (Å²) in [5.41, 5.74) is 3.71. The Morgan fingerprint density at radius 1 is 1.00 bits per heavy atom. The van der Waals surface area contributed by atoms with Crippen molar-refractivity contribution in [3.05, 3.63) is 64.8 Å². The summed E-state index contributed by atoms with van der Waals surface area (Å²) in [6.07, 6.45) is 7.51. The number of aromatic nitrogens is 2. The average Bonchev–Trinajstić information content (AvgIpc) is 2.69. The third-order valence-corrected chi connectivity index (χ3v) is 4.70. The van der Waals surface area contributed by atoms with Crippen LogP contribution in [0.1, 0.15) is 59.9 Å². The summed E-state index contributed by atoms with van der Waals surface area (Å²) in [4.78, 5) is 16.9. The molecule has 27 heavy (non-hydrogen) atoms. The molecular weight excluding hydrogens is 332 g/mol. The fourth-order valence-corrected chi connectivity index (χ4v) is 3.11. The van der Waals surface area contributed by atoms with Gasteiger partial charge in [0.05, 0.1) is 5.39 Å². The maximum Gasteiger partial charge on any atom is 0.260 e. The van der Waals surface area contributed by atoms with Crippen molar-refractivity contribution in [2.75, 3.05) is 0 Å². The van der Waals surface area contributed by atoms with Crippen LogP contribution >= 0.6 is 0 Å². The lowest BCUT2D eigenvalue weighted by Gasteiger charge is -2.19. The summed E-state index contributed by atoms with van der Waals surface area (Å²) in [7, 11) is 0. The zero-order valence-electron chi connectivity index (χ0n) is 17.5. The van der Waals surface area contributed by atoms with E-state index in [0.29, 0.717) is 5.39 Å². The molecule has 0 spiro atoms. The highest BCUT2D eigenvalue weighted by molar-refractivity contribution is 5.95. The molecule has 0 unspecified atom stereocenters. The van der Waals surface area contributed by atoms with E-state index in [2.05, 4.69) is 56.9 Å². The van der Waals surface area contributed by atoms with E-state index in [-0.39, 0.29) is 11.0 Å². The molecule has 2 heterocycles. The van der Waals surface area contributed by atoms with Crippen molar-refractivity contribution < 1.29 is 0 Å². The largest absolute Gasteiger partial charge is 0.314 e. The molecule has 3 rings (SSSR count). The average molecular weight is 365 g/mol. The van der Waals surface area contributed by atoms with Gasteiger partial charge < -0.3 is 4.57 Å². The van der Waals surface area contributed by atoms with Gasteiger partial charge in [-0.25, -0.2) is 0 Å². The third-order valence-electron chi connectivity index (χ3n) is 4.70. The standard InChI is InChI=1S/C22H26N2O.C2H6/c1-5-6-13-24-15-20(18-11-12-23-14-19(18)21(24)25)16-7-9-17(10-8-16)22(2,3)4;1-2/h7-12,14-15H,5-6,13H2,1-4H3;1-2H3. The van der Waals surface area contributed by atoms with E-state index in [1.54, 1.807) is 12.4 Å². The van der Waals surface area contributed by atoms with Gasteiger partial charge in [0.15, 0.2) is 0 Å². The van der Waals surface area contributed by atoms with Crippen molar-refractivity contribution in [3.8, 4) is 11.1 Å². The second-order valence-electron chi connectivity index (χ2n) is 7.64. The van der Waals surface area contributed by atoms with Crippen molar-refractivity contribution in [2.45, 2.75) is 66.3 Å². The topological polar surface area (TPSA) is 34.9 Å². The van der Waals surface area contributed by atoms with E-state index >= 15 is 0 Å². The lowest BCUT2D eigenvalue weighted by Crippen LogP contribution is -2.20. The van der Waals surface area contributed by atoms with E-state index in [1.807, 2.05) is 30.7 Å². The van der Waals surface area contributed by atoms with E-state index in [0.717, 1.165) is 35.9 Å². The summed E-state index contributed by atoms with van der Waals surface area (Å²) >= 11 is 0. The summed E-state index contributed by atoms with van der Waals surface area (Å²) in [6.45, 7) is 13.5. The van der Waals surface area contributed by atoms with Crippen LogP contribution in [-0.2, 0) is 12.0 Å². The quantitative estimate of drug-likeness (QED) is 0.553. The second kappa shape index (κ2) is 8.98. The molecule has 0 saturated heterocycles. The number of rotatable bonds is 4. The Balaban J connectivity index is 0.00000126. The maximum absolute atomic E-state index is 12.7. The minimum absolute atomic E-state index is 0.0478. The Hall–Kier alpha value is -2.42. The van der Waals surface area contributed by atoms with Gasteiger partial charge in [0.1, 0.15) is 0 Å². The molecule has 144 valence electrons. The summed E-state index contributed by atoms with van der Waals surface area (Å²) in [5, 5.41) is 1.66. The SMILES string of the molecule is CC.CCCCn1cc(-c2ccc(C(C)(C)C)cc2)c2ccncc2c1=O. The minimum atomic E-state index is 0.0478. The Bertz CT molecular complexity index is 931. The second-order valence-corrected chi connectivity index (χ2v) is 7.64. The molecule has 0 aliphatic carbocycles. The highest BCUT2D eigenvalue weighted by Crippen LogP contribution is 2.29. The van der Waals surface area contributed by atoms with Gasteiger partial charge in [-0.1, -0.05) is 72.2 Å². The molecule has 0 aliphatic rings. The van der Waals surface area contributed by atoms with Crippen LogP contribution in [0.25, 0.3) is 21.9 Å². The maximum atomic E-state index is 12.7. The first kappa shape index (κ1) is 20.9. The van der Waals surface area contributed by atoms with Crippen molar-refractivity contribution in [1.82, 2.24) is 9.55 Å². The van der Waals surface area contributed by atoms with Gasteiger partial charge in [-0.2, -0.15) is 0 Å². The monoisotopic (exact) mass is 364 g/mol. The number of aryl methyl sites for hydroxylation is 1. The molecule has 0 bridgehead atoms. The summed E-state index contributed by atoms with van der Waals surface area (Å²) in [6, 6.07) is 10.6. The van der Waals surface area contributed by atoms with Gasteiger partial charge in [0, 0.05) is 30.7 Å². The number of hydrogen-bond donors (Lipinski definition) is 0. The smallest absolute Gasteiger partial charge is 0.260 e. The molecule has 0 amide bonds. The minimum Gasteiger partial charge on any atom is -0.314 e. The zero-order chi connectivity index (χ0) is 20.0. The molecule has 0 aliphatic heterocycles. The van der Waals surface area contributed by atoms with Gasteiger partial charge in [-0.05, 0) is 34.4 Å². The van der Waals surface area contributed by atoms with Gasteiger partial charge in [0.25, 0.3) is 5.56 Å². The van der Waals surface area contributed by atoms with Crippen LogP contribution in [0.4, 0.5) is 0 Å². The highest BCUT2D eigenvalue weighted by Gasteiger charge is 2.15. The first-order valence-electron chi connectivity index (χ1n) is 10.00. The number of unbranched alkanes of at least 4 members (excludes halogenated alkanes) is 1. The molecule has 3 aromatic rings. The predicted molar refractivity (Wildman–Crippen MR) is 116 cm³/mol. The summed E-state index contributed by atoms with van der Waals surface area (Å²) < 4.78 is 1.83. The van der Waals surface area contributed by atoms with Gasteiger partial charge in [-0.3, -0.25) is 9.78 Å². The van der Waals surface area contributed by atoms with Crippen LogP contribution < -0.4 is 5.56 Å². The van der Waals surface area contributed by atoms with Gasteiger partial charge >= 0.3 is 0 Å². The van der Waals surface area contributed by atoms with Gasteiger partial charge in [0.2, 0.25) is 0 Å². The molecule has 0 atom stereocenters. The van der Waals surface area contributed by atoms with E-state index in [4.69, 9.17) is 0 Å². The normalized spacial score (nSPS) is 11.2. The van der Waals surface area contributed by atoms with Crippen molar-refractivity contribution in [3.63, 3.8) is 0 Å². The zero-order valence-corrected chi connectivity index (χ0v) is 17.5. The Morgan fingerprint density at radius 2 is 1.67 bits per heavy atom. The first-order chi connectivity index (χ1) is 12.9. The fraction of sp³-hybridized carbons (Fsp3) is 0.417. The molecule has 1 aromatic carbocycles. The van der Waals surface area contributed by atoms with Crippen LogP contribution in [0.2, 0.25) is 0 Å². The molecule has 0 saturated carbocycles. The van der Waals surface area contributed by atoms with Crippen LogP contribution in [0.3, 0.4) is 0 Å². The molecular formula is C24H32N2O. The predicted octanol–water partition coefficient (Wildman–Crippen LogP) is 6.19. The van der Waals surface area contributed by atoms with Crippen molar-refractivity contribution in [1.29, 1.82) is 0 Å². The number of nitrogens with zero attached hydrogens (tertiary/aromatic N) is 2. The molecule has 0 radical (unpaired) electrons. The molecule has 2 aromatic heterocycles. The Labute approximate surface area is 163 Å². The number of benzene rings is 1. The van der Waals surface area contributed by atoms with E-state index in [1.165, 1.54) is 5.56 Å². The highest BCUT2D eigenvalue weighted by atomic mass is 16.1. The van der Waals surface area contributed by atoms with Crippen molar-refractivity contribution in [2.24, 2.45) is 0 Å². The van der Waals surface area contributed by atoms with Crippen LogP contribution in [0.15, 0.2) is 53.7 Å². The fourth-order valence-electron chi connectivity index (χ4n) is 3.11. The molecule has 0 fully saturated rings. The number of pyridine rings is 2. The van der Waals surface area contributed by atoms with Crippen LogP contribution in [0, 0.1) is 0 Å². The van der Waals surface area contributed by atoms with Crippen molar-refractivity contribution >= 4 is 10.8 Å². The molecule has 3 nitrogen and oxygen atoms in total. The number of fused-ring (bicyclic) bond motifs is 1. The lowest BCUT2D eigenvalue weighted by atomic mass is 9.86. The number of hydrogen-bond acceptors (Lipinski definition) is 2. The Morgan fingerprint density at radius 3 is 2.26 bits per heavy atom.